The minimum absolute atomic E-state index is 0. The molecule has 1 atom stereocenters. The summed E-state index contributed by atoms with van der Waals surface area (Å²) in [4.78, 5) is 23.9. The smallest absolute Gasteiger partial charge is 0.251 e. The van der Waals surface area contributed by atoms with Gasteiger partial charge in [-0.25, -0.2) is 0 Å². The molecule has 2 amide bonds. The zero-order valence-electron chi connectivity index (χ0n) is 16.1. The van der Waals surface area contributed by atoms with Gasteiger partial charge in [0.05, 0.1) is 0 Å². The van der Waals surface area contributed by atoms with Crippen LogP contribution in [-0.2, 0) is 10.2 Å². The van der Waals surface area contributed by atoms with Crippen molar-refractivity contribution in [2.24, 2.45) is 5.92 Å². The summed E-state index contributed by atoms with van der Waals surface area (Å²) in [5, 5.41) is 9.06. The molecule has 1 fully saturated rings. The molecular weight excluding hydrogens is 350 g/mol. The summed E-state index contributed by atoms with van der Waals surface area (Å²) in [7, 11) is 0. The van der Waals surface area contributed by atoms with Gasteiger partial charge in [-0.05, 0) is 55.0 Å². The Labute approximate surface area is 163 Å². The van der Waals surface area contributed by atoms with E-state index >= 15 is 0 Å². The maximum atomic E-state index is 12.1. The third kappa shape index (κ3) is 7.34. The van der Waals surface area contributed by atoms with Gasteiger partial charge in [0.2, 0.25) is 5.91 Å². The number of amides is 2. The third-order valence-electron chi connectivity index (χ3n) is 4.69. The van der Waals surface area contributed by atoms with Crippen molar-refractivity contribution >= 4 is 24.2 Å². The van der Waals surface area contributed by atoms with Gasteiger partial charge in [-0.1, -0.05) is 32.9 Å². The number of hydrogen-bond donors (Lipinski definition) is 3. The lowest BCUT2D eigenvalue weighted by Gasteiger charge is -2.19. The minimum atomic E-state index is -0.134. The zero-order chi connectivity index (χ0) is 18.3. The number of rotatable bonds is 7. The average Bonchev–Trinajstić information content (AvgIpc) is 3.07. The summed E-state index contributed by atoms with van der Waals surface area (Å²) in [5.41, 5.74) is 1.89. The Balaban J connectivity index is 0.00000338. The molecule has 0 aromatic heterocycles. The quantitative estimate of drug-likeness (QED) is 0.680. The van der Waals surface area contributed by atoms with E-state index in [0.29, 0.717) is 31.0 Å². The highest BCUT2D eigenvalue weighted by molar-refractivity contribution is 5.94. The van der Waals surface area contributed by atoms with Crippen LogP contribution in [-0.4, -0.2) is 38.0 Å². The lowest BCUT2D eigenvalue weighted by molar-refractivity contribution is -0.120. The molecule has 1 aromatic rings. The molecule has 1 unspecified atom stereocenters. The van der Waals surface area contributed by atoms with E-state index in [1.807, 2.05) is 24.3 Å². The minimum Gasteiger partial charge on any atom is -0.356 e. The van der Waals surface area contributed by atoms with Crippen molar-refractivity contribution in [3.8, 4) is 0 Å². The van der Waals surface area contributed by atoms with Gasteiger partial charge in [0.25, 0.3) is 5.91 Å². The van der Waals surface area contributed by atoms with Crippen LogP contribution in [0.4, 0.5) is 0 Å². The van der Waals surface area contributed by atoms with Crippen LogP contribution in [0.1, 0.15) is 56.0 Å². The van der Waals surface area contributed by atoms with Crippen LogP contribution >= 0.6 is 12.4 Å². The van der Waals surface area contributed by atoms with Crippen LogP contribution in [0.2, 0.25) is 0 Å². The van der Waals surface area contributed by atoms with Crippen LogP contribution in [0.25, 0.3) is 0 Å². The molecule has 1 saturated heterocycles. The van der Waals surface area contributed by atoms with Crippen molar-refractivity contribution in [3.05, 3.63) is 35.4 Å². The maximum absolute atomic E-state index is 12.1. The summed E-state index contributed by atoms with van der Waals surface area (Å²) >= 11 is 0. The molecule has 1 aliphatic rings. The van der Waals surface area contributed by atoms with Crippen LogP contribution in [0.5, 0.6) is 0 Å². The monoisotopic (exact) mass is 381 g/mol. The second-order valence-corrected chi connectivity index (χ2v) is 7.83. The SMILES string of the molecule is CC(C)(C)c1ccc(C(=O)NCCC(=O)NCCC2CCNC2)cc1.Cl. The van der Waals surface area contributed by atoms with Crippen LogP contribution in [0, 0.1) is 5.92 Å². The second kappa shape index (κ2) is 10.5. The first-order chi connectivity index (χ1) is 11.9. The largest absolute Gasteiger partial charge is 0.356 e. The molecule has 0 aliphatic carbocycles. The van der Waals surface area contributed by atoms with E-state index in [2.05, 4.69) is 36.7 Å². The molecule has 6 heteroatoms. The molecule has 0 saturated carbocycles. The topological polar surface area (TPSA) is 70.2 Å². The molecule has 3 N–H and O–H groups in total. The molecular formula is C20H32ClN3O2. The summed E-state index contributed by atoms with van der Waals surface area (Å²) in [5.74, 6) is 0.538. The van der Waals surface area contributed by atoms with E-state index in [9.17, 15) is 9.59 Å². The van der Waals surface area contributed by atoms with Crippen molar-refractivity contribution < 1.29 is 9.59 Å². The lowest BCUT2D eigenvalue weighted by atomic mass is 9.87. The molecule has 1 aromatic carbocycles. The molecule has 0 spiro atoms. The van der Waals surface area contributed by atoms with Gasteiger partial charge in [0.15, 0.2) is 0 Å². The van der Waals surface area contributed by atoms with E-state index in [0.717, 1.165) is 19.5 Å². The molecule has 2 rings (SSSR count). The molecule has 5 nitrogen and oxygen atoms in total. The number of hydrogen-bond acceptors (Lipinski definition) is 3. The van der Waals surface area contributed by atoms with E-state index < -0.39 is 0 Å². The van der Waals surface area contributed by atoms with Crippen molar-refractivity contribution in [1.82, 2.24) is 16.0 Å². The molecule has 1 aliphatic heterocycles. The van der Waals surface area contributed by atoms with Crippen molar-refractivity contribution in [1.29, 1.82) is 0 Å². The third-order valence-corrected chi connectivity index (χ3v) is 4.69. The van der Waals surface area contributed by atoms with Gasteiger partial charge in [-0.3, -0.25) is 9.59 Å². The summed E-state index contributed by atoms with van der Waals surface area (Å²) < 4.78 is 0. The Morgan fingerprint density at radius 3 is 2.38 bits per heavy atom. The van der Waals surface area contributed by atoms with Gasteiger partial charge in [-0.2, -0.15) is 0 Å². The van der Waals surface area contributed by atoms with Crippen LogP contribution in [0.15, 0.2) is 24.3 Å². The van der Waals surface area contributed by atoms with Gasteiger partial charge in [-0.15, -0.1) is 12.4 Å². The Bertz CT molecular complexity index is 576. The first-order valence-electron chi connectivity index (χ1n) is 9.22. The van der Waals surface area contributed by atoms with Gasteiger partial charge >= 0.3 is 0 Å². The zero-order valence-corrected chi connectivity index (χ0v) is 16.9. The molecule has 26 heavy (non-hydrogen) atoms. The standard InChI is InChI=1S/C20H31N3O2.ClH/c1-20(2,3)17-6-4-16(5-7-17)19(25)23-13-10-18(24)22-12-9-15-8-11-21-14-15;/h4-7,15,21H,8-14H2,1-3H3,(H,22,24)(H,23,25);1H. The van der Waals surface area contributed by atoms with Crippen molar-refractivity contribution in [3.63, 3.8) is 0 Å². The fourth-order valence-electron chi connectivity index (χ4n) is 2.98. The Morgan fingerprint density at radius 1 is 1.12 bits per heavy atom. The molecule has 0 radical (unpaired) electrons. The first kappa shape index (κ1) is 22.5. The van der Waals surface area contributed by atoms with Crippen molar-refractivity contribution in [2.75, 3.05) is 26.2 Å². The molecule has 146 valence electrons. The van der Waals surface area contributed by atoms with Crippen LogP contribution < -0.4 is 16.0 Å². The molecule has 0 bridgehead atoms. The summed E-state index contributed by atoms with van der Waals surface area (Å²) in [6.07, 6.45) is 2.53. The summed E-state index contributed by atoms with van der Waals surface area (Å²) in [6, 6.07) is 7.65. The lowest BCUT2D eigenvalue weighted by Crippen LogP contribution is -2.31. The highest BCUT2D eigenvalue weighted by Gasteiger charge is 2.15. The van der Waals surface area contributed by atoms with Crippen LogP contribution in [0.3, 0.4) is 0 Å². The fraction of sp³-hybridized carbons (Fsp3) is 0.600. The van der Waals surface area contributed by atoms with E-state index in [-0.39, 0.29) is 29.6 Å². The predicted molar refractivity (Wildman–Crippen MR) is 108 cm³/mol. The number of nitrogens with one attached hydrogen (secondary N) is 3. The first-order valence-corrected chi connectivity index (χ1v) is 9.22. The Kier molecular flexibility index (Phi) is 9.09. The second-order valence-electron chi connectivity index (χ2n) is 7.83. The van der Waals surface area contributed by atoms with E-state index in [4.69, 9.17) is 0 Å². The number of carbonyl (C=O) groups is 2. The normalized spacial score (nSPS) is 16.7. The Morgan fingerprint density at radius 2 is 1.81 bits per heavy atom. The van der Waals surface area contributed by atoms with E-state index in [1.165, 1.54) is 12.0 Å². The van der Waals surface area contributed by atoms with Crippen molar-refractivity contribution in [2.45, 2.75) is 45.4 Å². The summed E-state index contributed by atoms with van der Waals surface area (Å²) in [6.45, 7) is 9.64. The number of benzene rings is 1. The number of carbonyl (C=O) groups excluding carboxylic acids is 2. The van der Waals surface area contributed by atoms with E-state index in [1.54, 1.807) is 0 Å². The van der Waals surface area contributed by atoms with Gasteiger partial charge in [0, 0.05) is 25.1 Å². The maximum Gasteiger partial charge on any atom is 0.251 e. The molecule has 1 heterocycles. The highest BCUT2D eigenvalue weighted by Crippen LogP contribution is 2.22. The fourth-order valence-corrected chi connectivity index (χ4v) is 2.98. The van der Waals surface area contributed by atoms with Gasteiger partial charge < -0.3 is 16.0 Å². The predicted octanol–water partition coefficient (Wildman–Crippen LogP) is 2.64. The average molecular weight is 382 g/mol. The Hall–Kier alpha value is -1.59. The van der Waals surface area contributed by atoms with Gasteiger partial charge in [0.1, 0.15) is 0 Å². The number of halogens is 1. The highest BCUT2D eigenvalue weighted by atomic mass is 35.5.